The molecule has 1 aliphatic rings. The summed E-state index contributed by atoms with van der Waals surface area (Å²) in [7, 11) is 0. The maximum atomic E-state index is 13.4. The van der Waals surface area contributed by atoms with Gasteiger partial charge in [0.25, 0.3) is 5.91 Å². The minimum absolute atomic E-state index is 0.262. The van der Waals surface area contributed by atoms with Crippen LogP contribution in [-0.2, 0) is 0 Å². The molecule has 2 rings (SSSR count). The highest BCUT2D eigenvalue weighted by Crippen LogP contribution is 2.30. The number of anilines is 1. The fraction of sp³-hybridized carbons (Fsp3) is 0.562. The average Bonchev–Trinajstić information content (AvgIpc) is 2.46. The fourth-order valence-electron chi connectivity index (χ4n) is 3.11. The van der Waals surface area contributed by atoms with Crippen LogP contribution in [0.1, 0.15) is 49.4 Å². The predicted molar refractivity (Wildman–Crippen MR) is 82.8 cm³/mol. The van der Waals surface area contributed by atoms with Crippen molar-refractivity contribution in [2.24, 2.45) is 11.5 Å². The van der Waals surface area contributed by atoms with E-state index in [2.05, 4.69) is 11.8 Å². The van der Waals surface area contributed by atoms with Gasteiger partial charge in [-0.15, -0.1) is 0 Å². The Morgan fingerprint density at radius 2 is 2.00 bits per heavy atom. The topological polar surface area (TPSA) is 72.3 Å². The highest BCUT2D eigenvalue weighted by Gasteiger charge is 2.26. The number of benzene rings is 1. The first-order valence-electron chi connectivity index (χ1n) is 7.64. The van der Waals surface area contributed by atoms with Gasteiger partial charge < -0.3 is 16.4 Å². The number of amides is 1. The summed E-state index contributed by atoms with van der Waals surface area (Å²) in [5.41, 5.74) is 12.4. The standard InChI is InChI=1S/C16H24FN3O/c1-2-9-20(13-6-4-12(18)5-7-13)15-8-3-11(17)10-14(15)16(19)21/h3,8,10,12-13H,2,4-7,9,18H2,1H3,(H2,19,21). The normalized spacial score (nSPS) is 22.0. The van der Waals surface area contributed by atoms with Gasteiger partial charge in [-0.1, -0.05) is 6.92 Å². The molecule has 4 N–H and O–H groups in total. The Morgan fingerprint density at radius 3 is 2.57 bits per heavy atom. The first-order valence-corrected chi connectivity index (χ1v) is 7.64. The molecule has 0 radical (unpaired) electrons. The lowest BCUT2D eigenvalue weighted by Crippen LogP contribution is -2.42. The molecule has 4 nitrogen and oxygen atoms in total. The van der Waals surface area contributed by atoms with E-state index in [-0.39, 0.29) is 11.6 Å². The number of halogens is 1. The summed E-state index contributed by atoms with van der Waals surface area (Å²) in [5, 5.41) is 0. The third kappa shape index (κ3) is 3.73. The largest absolute Gasteiger partial charge is 0.368 e. The molecule has 1 aliphatic carbocycles. The number of hydrogen-bond acceptors (Lipinski definition) is 3. The van der Waals surface area contributed by atoms with Crippen molar-refractivity contribution >= 4 is 11.6 Å². The molecule has 0 bridgehead atoms. The molecule has 1 aromatic carbocycles. The minimum Gasteiger partial charge on any atom is -0.368 e. The number of hydrogen-bond donors (Lipinski definition) is 2. The molecule has 0 aromatic heterocycles. The van der Waals surface area contributed by atoms with Crippen LogP contribution in [0.25, 0.3) is 0 Å². The molecule has 5 heteroatoms. The van der Waals surface area contributed by atoms with Gasteiger partial charge in [0.15, 0.2) is 0 Å². The maximum absolute atomic E-state index is 13.4. The van der Waals surface area contributed by atoms with Crippen molar-refractivity contribution in [2.45, 2.75) is 51.1 Å². The smallest absolute Gasteiger partial charge is 0.250 e. The molecule has 1 amide bonds. The van der Waals surface area contributed by atoms with Crippen molar-refractivity contribution in [1.29, 1.82) is 0 Å². The van der Waals surface area contributed by atoms with Gasteiger partial charge in [-0.3, -0.25) is 4.79 Å². The molecule has 1 aromatic rings. The van der Waals surface area contributed by atoms with Gasteiger partial charge in [-0.2, -0.15) is 0 Å². The molecule has 0 unspecified atom stereocenters. The molecule has 0 spiro atoms. The molecule has 21 heavy (non-hydrogen) atoms. The Kier molecular flexibility index (Phi) is 5.17. The zero-order valence-electron chi connectivity index (χ0n) is 12.5. The van der Waals surface area contributed by atoms with Crippen LogP contribution >= 0.6 is 0 Å². The van der Waals surface area contributed by atoms with E-state index in [1.807, 2.05) is 0 Å². The molecule has 0 saturated heterocycles. The van der Waals surface area contributed by atoms with Gasteiger partial charge in [-0.25, -0.2) is 4.39 Å². The molecule has 0 atom stereocenters. The second-order valence-electron chi connectivity index (χ2n) is 5.79. The van der Waals surface area contributed by atoms with E-state index in [9.17, 15) is 9.18 Å². The summed E-state index contributed by atoms with van der Waals surface area (Å²) in [6, 6.07) is 4.90. The van der Waals surface area contributed by atoms with E-state index < -0.39 is 11.7 Å². The van der Waals surface area contributed by atoms with Gasteiger partial charge in [-0.05, 0) is 50.3 Å². The zero-order chi connectivity index (χ0) is 15.4. The highest BCUT2D eigenvalue weighted by atomic mass is 19.1. The Bertz CT molecular complexity index is 498. The lowest BCUT2D eigenvalue weighted by molar-refractivity contribution is 0.1000. The van der Waals surface area contributed by atoms with Crippen LogP contribution < -0.4 is 16.4 Å². The summed E-state index contributed by atoms with van der Waals surface area (Å²) in [5.74, 6) is -1.02. The van der Waals surface area contributed by atoms with Crippen LogP contribution in [-0.4, -0.2) is 24.5 Å². The van der Waals surface area contributed by atoms with Crippen LogP contribution in [0, 0.1) is 5.82 Å². The van der Waals surface area contributed by atoms with Crippen LogP contribution in [0.3, 0.4) is 0 Å². The van der Waals surface area contributed by atoms with Gasteiger partial charge in [0, 0.05) is 24.3 Å². The summed E-state index contributed by atoms with van der Waals surface area (Å²) in [4.78, 5) is 13.8. The van der Waals surface area contributed by atoms with E-state index in [0.717, 1.165) is 44.3 Å². The Labute approximate surface area is 125 Å². The van der Waals surface area contributed by atoms with Crippen LogP contribution in [0.5, 0.6) is 0 Å². The Morgan fingerprint density at radius 1 is 1.33 bits per heavy atom. The van der Waals surface area contributed by atoms with Gasteiger partial charge in [0.2, 0.25) is 0 Å². The van der Waals surface area contributed by atoms with E-state index >= 15 is 0 Å². The maximum Gasteiger partial charge on any atom is 0.250 e. The van der Waals surface area contributed by atoms with E-state index in [1.165, 1.54) is 12.1 Å². The number of nitrogens with two attached hydrogens (primary N) is 2. The fourth-order valence-corrected chi connectivity index (χ4v) is 3.11. The van der Waals surface area contributed by atoms with Crippen LogP contribution in [0.2, 0.25) is 0 Å². The first kappa shape index (κ1) is 15.8. The lowest BCUT2D eigenvalue weighted by atomic mass is 9.90. The molecule has 0 aliphatic heterocycles. The predicted octanol–water partition coefficient (Wildman–Crippen LogP) is 2.41. The molecular formula is C16H24FN3O. The lowest BCUT2D eigenvalue weighted by Gasteiger charge is -2.38. The molecule has 1 fully saturated rings. The van der Waals surface area contributed by atoms with Gasteiger partial charge in [0.05, 0.1) is 5.56 Å². The molecule has 0 heterocycles. The number of nitrogens with zero attached hydrogens (tertiary/aromatic N) is 1. The van der Waals surface area contributed by atoms with Crippen molar-refractivity contribution in [1.82, 2.24) is 0 Å². The molecule has 1 saturated carbocycles. The van der Waals surface area contributed by atoms with Crippen LogP contribution in [0.4, 0.5) is 10.1 Å². The van der Waals surface area contributed by atoms with Gasteiger partial charge >= 0.3 is 0 Å². The summed E-state index contributed by atoms with van der Waals surface area (Å²) >= 11 is 0. The zero-order valence-corrected chi connectivity index (χ0v) is 12.5. The van der Waals surface area contributed by atoms with Crippen molar-refractivity contribution in [3.8, 4) is 0 Å². The second kappa shape index (κ2) is 6.89. The van der Waals surface area contributed by atoms with E-state index in [4.69, 9.17) is 11.5 Å². The van der Waals surface area contributed by atoms with E-state index in [0.29, 0.717) is 6.04 Å². The van der Waals surface area contributed by atoms with Crippen molar-refractivity contribution < 1.29 is 9.18 Å². The number of carbonyl (C=O) groups excluding carboxylic acids is 1. The van der Waals surface area contributed by atoms with Gasteiger partial charge in [0.1, 0.15) is 5.82 Å². The van der Waals surface area contributed by atoms with Crippen molar-refractivity contribution in [2.75, 3.05) is 11.4 Å². The van der Waals surface area contributed by atoms with Crippen LogP contribution in [0.15, 0.2) is 18.2 Å². The Balaban J connectivity index is 2.31. The summed E-state index contributed by atoms with van der Waals surface area (Å²) < 4.78 is 13.4. The summed E-state index contributed by atoms with van der Waals surface area (Å²) in [6.07, 6.45) is 4.92. The van der Waals surface area contributed by atoms with Crippen molar-refractivity contribution in [3.63, 3.8) is 0 Å². The molecule has 116 valence electrons. The number of primary amides is 1. The third-order valence-corrected chi connectivity index (χ3v) is 4.18. The molecular weight excluding hydrogens is 269 g/mol. The second-order valence-corrected chi connectivity index (χ2v) is 5.79. The summed E-state index contributed by atoms with van der Waals surface area (Å²) in [6.45, 7) is 2.92. The highest BCUT2D eigenvalue weighted by molar-refractivity contribution is 5.98. The Hall–Kier alpha value is -1.62. The SMILES string of the molecule is CCCN(c1ccc(F)cc1C(N)=O)C1CCC(N)CC1. The van der Waals surface area contributed by atoms with Crippen molar-refractivity contribution in [3.05, 3.63) is 29.6 Å². The third-order valence-electron chi connectivity index (χ3n) is 4.18. The van der Waals surface area contributed by atoms with E-state index in [1.54, 1.807) is 6.07 Å². The number of rotatable bonds is 5. The number of carbonyl (C=O) groups is 1. The minimum atomic E-state index is -0.585. The quantitative estimate of drug-likeness (QED) is 0.875. The monoisotopic (exact) mass is 293 g/mol. The average molecular weight is 293 g/mol. The first-order chi connectivity index (χ1) is 10.0.